The average Bonchev–Trinajstić information content (AvgIpc) is 1.91. The molecule has 0 unspecified atom stereocenters. The second-order valence-corrected chi connectivity index (χ2v) is 2.02. The van der Waals surface area contributed by atoms with Crippen LogP contribution in [0.25, 0.3) is 0 Å². The van der Waals surface area contributed by atoms with E-state index in [2.05, 4.69) is 12.1 Å². The Hall–Kier alpha value is -0.820. The van der Waals surface area contributed by atoms with Gasteiger partial charge in [0.05, 0.1) is 0 Å². The van der Waals surface area contributed by atoms with Gasteiger partial charge in [-0.2, -0.15) is 0 Å². The standard InChI is InChI=1S/C8H11N/c9-7-6-8-4-2-1-3-5-8/h1-5H,6-7,9H2/i9+1. The molecule has 9 heavy (non-hydrogen) atoms. The minimum atomic E-state index is 0.740. The summed E-state index contributed by atoms with van der Waals surface area (Å²) in [4.78, 5) is 0. The van der Waals surface area contributed by atoms with E-state index in [1.807, 2.05) is 18.2 Å². The van der Waals surface area contributed by atoms with Crippen LogP contribution in [0.1, 0.15) is 5.56 Å². The molecule has 0 aliphatic heterocycles. The molecule has 1 aromatic carbocycles. The van der Waals surface area contributed by atoms with E-state index in [0.717, 1.165) is 13.0 Å². The zero-order chi connectivity index (χ0) is 6.53. The van der Waals surface area contributed by atoms with Gasteiger partial charge in [0.2, 0.25) is 0 Å². The highest BCUT2D eigenvalue weighted by molar-refractivity contribution is 5.14. The van der Waals surface area contributed by atoms with Crippen molar-refractivity contribution in [2.24, 2.45) is 5.73 Å². The predicted octanol–water partition coefficient (Wildman–Crippen LogP) is 1.19. The second-order valence-electron chi connectivity index (χ2n) is 2.02. The van der Waals surface area contributed by atoms with Gasteiger partial charge in [-0.05, 0) is 18.5 Å². The number of rotatable bonds is 2. The molecule has 1 nitrogen and oxygen atoms in total. The summed E-state index contributed by atoms with van der Waals surface area (Å²) in [6.07, 6.45) is 0.987. The van der Waals surface area contributed by atoms with Crippen LogP contribution in [-0.4, -0.2) is 6.54 Å². The number of nitrogens with two attached hydrogens (primary N) is 1. The summed E-state index contributed by atoms with van der Waals surface area (Å²) in [5, 5.41) is 0. The van der Waals surface area contributed by atoms with Crippen LogP contribution in [0.3, 0.4) is 0 Å². The lowest BCUT2D eigenvalue weighted by Crippen LogP contribution is -2.01. The third-order valence-corrected chi connectivity index (χ3v) is 1.28. The van der Waals surface area contributed by atoms with Crippen LogP contribution in [0.15, 0.2) is 30.3 Å². The van der Waals surface area contributed by atoms with Crippen LogP contribution in [0.4, 0.5) is 0 Å². The lowest BCUT2D eigenvalue weighted by molar-refractivity contribution is 0.969. The number of benzene rings is 1. The van der Waals surface area contributed by atoms with Gasteiger partial charge < -0.3 is 5.73 Å². The highest BCUT2D eigenvalue weighted by Crippen LogP contribution is 1.96. The molecule has 48 valence electrons. The first-order valence-corrected chi connectivity index (χ1v) is 3.17. The fourth-order valence-electron chi connectivity index (χ4n) is 0.811. The Kier molecular flexibility index (Phi) is 2.28. The molecule has 2 N–H and O–H groups in total. The Bertz CT molecular complexity index is 157. The van der Waals surface area contributed by atoms with Crippen molar-refractivity contribution in [2.45, 2.75) is 6.42 Å². The van der Waals surface area contributed by atoms with Crippen LogP contribution >= 0.6 is 0 Å². The summed E-state index contributed by atoms with van der Waals surface area (Å²) >= 11 is 0. The molecular weight excluding hydrogens is 111 g/mol. The Morgan fingerprint density at radius 1 is 1.11 bits per heavy atom. The smallest absolute Gasteiger partial charge is 0.00367 e. The van der Waals surface area contributed by atoms with Crippen molar-refractivity contribution < 1.29 is 0 Å². The third kappa shape index (κ3) is 1.86. The largest absolute Gasteiger partial charge is 0.330 e. The molecule has 0 radical (unpaired) electrons. The van der Waals surface area contributed by atoms with E-state index < -0.39 is 0 Å². The van der Waals surface area contributed by atoms with E-state index in [1.54, 1.807) is 0 Å². The Morgan fingerprint density at radius 3 is 2.33 bits per heavy atom. The monoisotopic (exact) mass is 122 g/mol. The maximum atomic E-state index is 5.36. The van der Waals surface area contributed by atoms with E-state index in [4.69, 9.17) is 5.73 Å². The predicted molar refractivity (Wildman–Crippen MR) is 39.2 cm³/mol. The normalized spacial score (nSPS) is 9.44. The summed E-state index contributed by atoms with van der Waals surface area (Å²) in [7, 11) is 0. The first kappa shape index (κ1) is 6.30. The molecule has 0 aliphatic carbocycles. The number of hydrogen-bond acceptors (Lipinski definition) is 1. The minimum absolute atomic E-state index is 0.740. The SMILES string of the molecule is [15NH2]CCc1ccccc1. The van der Waals surface area contributed by atoms with Crippen molar-refractivity contribution >= 4 is 0 Å². The van der Waals surface area contributed by atoms with Crippen molar-refractivity contribution in [2.75, 3.05) is 6.54 Å². The molecular formula is C8H11N. The molecule has 0 aromatic heterocycles. The molecule has 0 fully saturated rings. The molecule has 0 bridgehead atoms. The third-order valence-electron chi connectivity index (χ3n) is 1.28. The first-order chi connectivity index (χ1) is 4.43. The van der Waals surface area contributed by atoms with Crippen LogP contribution < -0.4 is 5.73 Å². The fraction of sp³-hybridized carbons (Fsp3) is 0.250. The van der Waals surface area contributed by atoms with Gasteiger partial charge in [-0.3, -0.25) is 0 Å². The fourth-order valence-corrected chi connectivity index (χ4v) is 0.811. The van der Waals surface area contributed by atoms with Gasteiger partial charge in [0.25, 0.3) is 0 Å². The average molecular weight is 122 g/mol. The summed E-state index contributed by atoms with van der Waals surface area (Å²) in [5.74, 6) is 0. The van der Waals surface area contributed by atoms with Crippen molar-refractivity contribution in [1.29, 1.82) is 0 Å². The minimum Gasteiger partial charge on any atom is -0.330 e. The Balaban J connectivity index is 2.61. The van der Waals surface area contributed by atoms with E-state index in [-0.39, 0.29) is 0 Å². The van der Waals surface area contributed by atoms with Gasteiger partial charge in [-0.25, -0.2) is 0 Å². The molecule has 1 heteroatoms. The van der Waals surface area contributed by atoms with Crippen molar-refractivity contribution in [3.8, 4) is 0 Å². The van der Waals surface area contributed by atoms with Gasteiger partial charge >= 0.3 is 0 Å². The van der Waals surface area contributed by atoms with Gasteiger partial charge in [0.1, 0.15) is 0 Å². The van der Waals surface area contributed by atoms with Gasteiger partial charge in [-0.15, -0.1) is 0 Å². The zero-order valence-corrected chi connectivity index (χ0v) is 5.38. The molecule has 0 saturated carbocycles. The van der Waals surface area contributed by atoms with Gasteiger partial charge in [0.15, 0.2) is 0 Å². The Labute approximate surface area is 55.5 Å². The molecule has 0 heterocycles. The van der Waals surface area contributed by atoms with Gasteiger partial charge in [0, 0.05) is 0 Å². The molecule has 0 atom stereocenters. The summed E-state index contributed by atoms with van der Waals surface area (Å²) < 4.78 is 0. The van der Waals surface area contributed by atoms with E-state index in [0.29, 0.717) is 0 Å². The number of hydrogen-bond donors (Lipinski definition) is 1. The first-order valence-electron chi connectivity index (χ1n) is 3.17. The molecule has 0 saturated heterocycles. The maximum absolute atomic E-state index is 5.36. The van der Waals surface area contributed by atoms with Crippen LogP contribution in [0.2, 0.25) is 0 Å². The Morgan fingerprint density at radius 2 is 1.78 bits per heavy atom. The highest BCUT2D eigenvalue weighted by Gasteiger charge is 1.84. The summed E-state index contributed by atoms with van der Waals surface area (Å²) in [6, 6.07) is 10.3. The van der Waals surface area contributed by atoms with E-state index >= 15 is 0 Å². The zero-order valence-electron chi connectivity index (χ0n) is 5.38. The quantitative estimate of drug-likeness (QED) is 0.586. The molecule has 1 aromatic rings. The topological polar surface area (TPSA) is 26.0 Å². The van der Waals surface area contributed by atoms with E-state index in [9.17, 15) is 0 Å². The van der Waals surface area contributed by atoms with E-state index in [1.165, 1.54) is 5.56 Å². The van der Waals surface area contributed by atoms with Crippen molar-refractivity contribution in [1.82, 2.24) is 0 Å². The summed E-state index contributed by atoms with van der Waals surface area (Å²) in [5.41, 5.74) is 6.68. The lowest BCUT2D eigenvalue weighted by Gasteiger charge is -1.93. The molecule has 1 rings (SSSR count). The maximum Gasteiger partial charge on any atom is -0.00367 e. The van der Waals surface area contributed by atoms with Crippen LogP contribution in [0.5, 0.6) is 0 Å². The highest BCUT2D eigenvalue weighted by atomic mass is 15.3. The summed E-state index contributed by atoms with van der Waals surface area (Å²) in [6.45, 7) is 0.740. The molecule has 0 amide bonds. The van der Waals surface area contributed by atoms with Crippen molar-refractivity contribution in [3.63, 3.8) is 0 Å². The second kappa shape index (κ2) is 3.25. The van der Waals surface area contributed by atoms with Gasteiger partial charge in [-0.1, -0.05) is 30.3 Å². The molecule has 0 aliphatic rings. The molecule has 0 spiro atoms. The van der Waals surface area contributed by atoms with Crippen molar-refractivity contribution in [3.05, 3.63) is 35.9 Å². The van der Waals surface area contributed by atoms with Crippen LogP contribution in [-0.2, 0) is 6.42 Å². The van der Waals surface area contributed by atoms with Crippen LogP contribution in [0, 0.1) is 0 Å². The lowest BCUT2D eigenvalue weighted by atomic mass is 10.2.